The van der Waals surface area contributed by atoms with E-state index in [0.29, 0.717) is 37.6 Å². The molecule has 2 fully saturated rings. The van der Waals surface area contributed by atoms with Gasteiger partial charge in [0.2, 0.25) is 17.6 Å². The number of carbonyl (C=O) groups excluding carboxylic acids is 3. The van der Waals surface area contributed by atoms with Gasteiger partial charge in [0.15, 0.2) is 11.5 Å². The monoisotopic (exact) mass is 524 g/mol. The summed E-state index contributed by atoms with van der Waals surface area (Å²) in [6.45, 7) is 1.64. The molecule has 3 heterocycles. The highest BCUT2D eigenvalue weighted by Gasteiger charge is 2.48. The highest BCUT2D eigenvalue weighted by Crippen LogP contribution is 2.44. The van der Waals surface area contributed by atoms with Crippen molar-refractivity contribution in [3.05, 3.63) is 46.3 Å². The van der Waals surface area contributed by atoms with Crippen LogP contribution in [0.5, 0.6) is 17.2 Å². The number of halogens is 1. The predicted molar refractivity (Wildman–Crippen MR) is 132 cm³/mol. The Morgan fingerprint density at radius 1 is 1.08 bits per heavy atom. The number of aromatic hydroxyl groups is 3. The Hall–Kier alpha value is -3.84. The molecule has 1 unspecified atom stereocenters. The molecule has 13 heteroatoms. The predicted octanol–water partition coefficient (Wildman–Crippen LogP) is 0.644. The maximum absolute atomic E-state index is 15.5. The largest absolute Gasteiger partial charge is 0.504 e. The van der Waals surface area contributed by atoms with Crippen LogP contribution in [0.2, 0.25) is 0 Å². The van der Waals surface area contributed by atoms with Gasteiger partial charge in [-0.25, -0.2) is 4.39 Å². The summed E-state index contributed by atoms with van der Waals surface area (Å²) in [4.78, 5) is 40.3. The summed E-state index contributed by atoms with van der Waals surface area (Å²) in [5.74, 6) is -4.93. The van der Waals surface area contributed by atoms with Crippen molar-refractivity contribution < 1.29 is 38.8 Å². The van der Waals surface area contributed by atoms with E-state index in [1.54, 1.807) is 18.2 Å². The van der Waals surface area contributed by atoms with Crippen molar-refractivity contribution in [3.63, 3.8) is 0 Å². The van der Waals surface area contributed by atoms with E-state index < -0.39 is 46.2 Å². The van der Waals surface area contributed by atoms with Gasteiger partial charge in [0.25, 0.3) is 5.91 Å². The first kappa shape index (κ1) is 25.8. The smallest absolute Gasteiger partial charge is 0.254 e. The van der Waals surface area contributed by atoms with Crippen molar-refractivity contribution >= 4 is 31.3 Å². The lowest BCUT2D eigenvalue weighted by Gasteiger charge is -2.40. The van der Waals surface area contributed by atoms with E-state index in [0.717, 1.165) is 0 Å². The van der Waals surface area contributed by atoms with Crippen LogP contribution in [-0.2, 0) is 34.0 Å². The maximum Gasteiger partial charge on any atom is 0.254 e. The van der Waals surface area contributed by atoms with Crippen LogP contribution in [0.3, 0.4) is 0 Å². The average Bonchev–Trinajstić information content (AvgIpc) is 3.26. The second kappa shape index (κ2) is 9.80. The Labute approximate surface area is 218 Å². The Kier molecular flexibility index (Phi) is 6.65. The quantitative estimate of drug-likeness (QED) is 0.208. The van der Waals surface area contributed by atoms with E-state index in [-0.39, 0.29) is 49.2 Å². The number of fused-ring (bicyclic) bond motifs is 1. The number of hydrogen-bond donors (Lipinski definition) is 5. The van der Waals surface area contributed by atoms with Crippen molar-refractivity contribution in [1.82, 2.24) is 15.1 Å². The first-order valence-corrected chi connectivity index (χ1v) is 12.2. The normalized spacial score (nSPS) is 21.9. The summed E-state index contributed by atoms with van der Waals surface area (Å²) in [5.41, 5.74) is -0.901. The van der Waals surface area contributed by atoms with Crippen molar-refractivity contribution in [2.75, 3.05) is 31.6 Å². The maximum atomic E-state index is 15.5. The Balaban J connectivity index is 1.40. The summed E-state index contributed by atoms with van der Waals surface area (Å²) in [5, 5.41) is 36.2. The first-order valence-electron chi connectivity index (χ1n) is 12.2. The number of anilines is 1. The lowest BCUT2D eigenvalue weighted by atomic mass is 9.70. The van der Waals surface area contributed by atoms with Gasteiger partial charge in [0, 0.05) is 61.5 Å². The molecule has 2 aromatic carbocycles. The molecule has 0 aliphatic carbocycles. The van der Waals surface area contributed by atoms with Crippen LogP contribution in [-0.4, -0.2) is 82.4 Å². The number of nitrogens with zero attached hydrogens (tertiary/aromatic N) is 2. The number of hydrogen-bond acceptors (Lipinski definition) is 9. The number of ether oxygens (including phenoxy) is 1. The van der Waals surface area contributed by atoms with Gasteiger partial charge in [0.05, 0.1) is 24.2 Å². The van der Waals surface area contributed by atoms with Crippen LogP contribution < -0.4 is 10.6 Å². The molecule has 2 saturated heterocycles. The number of benzene rings is 2. The molecule has 5 rings (SSSR count). The second-order valence-electron chi connectivity index (χ2n) is 9.58. The highest BCUT2D eigenvalue weighted by molar-refractivity contribution is 6.32. The molecular formula is C25H26BFN4O7. The van der Waals surface area contributed by atoms with E-state index in [2.05, 4.69) is 10.6 Å². The zero-order valence-electron chi connectivity index (χ0n) is 20.4. The molecule has 0 aromatic heterocycles. The van der Waals surface area contributed by atoms with Crippen LogP contribution in [0.1, 0.15) is 39.9 Å². The summed E-state index contributed by atoms with van der Waals surface area (Å²) in [6, 6.07) is 4.82. The van der Waals surface area contributed by atoms with Crippen LogP contribution in [0.25, 0.3) is 0 Å². The standard InChI is InChI=1S/C25H26BFN4O7/c26-25(5-4-18(32)29-24(25)37)31-12-15-13(23(31)36)2-1-3-17(15)28-10-14-19(27)16(21(34)22(35)20(14)33)11-30-6-8-38-9-7-30/h1-3,28,33-35H,4-12H2,(H,29,32,37). The van der Waals surface area contributed by atoms with Crippen molar-refractivity contribution in [2.24, 2.45) is 0 Å². The molecule has 5 N–H and O–H groups in total. The first-order chi connectivity index (χ1) is 18.1. The minimum atomic E-state index is -1.71. The van der Waals surface area contributed by atoms with Gasteiger partial charge < -0.3 is 30.3 Å². The van der Waals surface area contributed by atoms with Gasteiger partial charge in [-0.05, 0) is 18.6 Å². The van der Waals surface area contributed by atoms with Crippen molar-refractivity contribution in [3.8, 4) is 17.2 Å². The fourth-order valence-corrected chi connectivity index (χ4v) is 5.05. The van der Waals surface area contributed by atoms with Crippen LogP contribution in [0.15, 0.2) is 18.2 Å². The van der Waals surface area contributed by atoms with Crippen LogP contribution in [0, 0.1) is 5.82 Å². The van der Waals surface area contributed by atoms with Gasteiger partial charge in [-0.15, -0.1) is 0 Å². The number of imide groups is 1. The van der Waals surface area contributed by atoms with Gasteiger partial charge in [0.1, 0.15) is 13.7 Å². The molecule has 11 nitrogen and oxygen atoms in total. The van der Waals surface area contributed by atoms with Gasteiger partial charge in [-0.2, -0.15) is 0 Å². The zero-order chi connectivity index (χ0) is 27.2. The Bertz CT molecular complexity index is 1330. The number of amides is 3. The third-order valence-corrected chi connectivity index (χ3v) is 7.32. The van der Waals surface area contributed by atoms with Gasteiger partial charge >= 0.3 is 0 Å². The molecule has 1 atom stereocenters. The second-order valence-corrected chi connectivity index (χ2v) is 9.58. The third kappa shape index (κ3) is 4.31. The van der Waals surface area contributed by atoms with Crippen LogP contribution in [0.4, 0.5) is 10.1 Å². The molecule has 3 aliphatic heterocycles. The third-order valence-electron chi connectivity index (χ3n) is 7.32. The van der Waals surface area contributed by atoms with E-state index in [9.17, 15) is 29.7 Å². The molecular weight excluding hydrogens is 498 g/mol. The van der Waals surface area contributed by atoms with Gasteiger partial charge in [-0.3, -0.25) is 24.6 Å². The van der Waals surface area contributed by atoms with E-state index >= 15 is 4.39 Å². The molecule has 0 saturated carbocycles. The van der Waals surface area contributed by atoms with Crippen molar-refractivity contribution in [2.45, 2.75) is 37.9 Å². The fraction of sp³-hybridized carbons (Fsp3) is 0.400. The summed E-state index contributed by atoms with van der Waals surface area (Å²) >= 11 is 0. The average molecular weight is 524 g/mol. The van der Waals surface area contributed by atoms with E-state index in [1.807, 2.05) is 4.90 Å². The Morgan fingerprint density at radius 3 is 2.50 bits per heavy atom. The van der Waals surface area contributed by atoms with Crippen LogP contribution >= 0.6 is 0 Å². The minimum absolute atomic E-state index is 0.00914. The topological polar surface area (TPSA) is 152 Å². The summed E-state index contributed by atoms with van der Waals surface area (Å²) < 4.78 is 20.8. The van der Waals surface area contributed by atoms with E-state index in [1.165, 1.54) is 4.90 Å². The number of carbonyl (C=O) groups is 3. The lowest BCUT2D eigenvalue weighted by molar-refractivity contribution is -0.138. The molecule has 3 amide bonds. The Morgan fingerprint density at radius 2 is 1.79 bits per heavy atom. The lowest BCUT2D eigenvalue weighted by Crippen LogP contribution is -2.63. The minimum Gasteiger partial charge on any atom is -0.504 e. The highest BCUT2D eigenvalue weighted by atomic mass is 19.1. The van der Waals surface area contributed by atoms with Gasteiger partial charge in [-0.1, -0.05) is 6.07 Å². The number of morpholine rings is 1. The number of phenolic OH excluding ortho intramolecular Hbond substituents is 3. The SMILES string of the molecule is [B]C1(N2Cc3c(NCc4c(O)c(O)c(O)c(CN5CCOCC5)c4F)cccc3C2=O)CCC(=O)NC1=O. The fourth-order valence-electron chi connectivity index (χ4n) is 5.05. The summed E-state index contributed by atoms with van der Waals surface area (Å²) in [6.07, 6.45) is -0.0406. The molecule has 38 heavy (non-hydrogen) atoms. The molecule has 198 valence electrons. The molecule has 3 aliphatic rings. The number of phenols is 3. The summed E-state index contributed by atoms with van der Waals surface area (Å²) in [7, 11) is 6.29. The number of rotatable bonds is 6. The molecule has 0 spiro atoms. The zero-order valence-corrected chi connectivity index (χ0v) is 20.4. The molecule has 2 aromatic rings. The number of piperidine rings is 1. The number of nitrogens with one attached hydrogen (secondary N) is 2. The molecule has 2 radical (unpaired) electrons. The van der Waals surface area contributed by atoms with Crippen molar-refractivity contribution in [1.29, 1.82) is 0 Å². The molecule has 0 bridgehead atoms. The van der Waals surface area contributed by atoms with E-state index in [4.69, 9.17) is 12.6 Å².